The van der Waals surface area contributed by atoms with E-state index in [-0.39, 0.29) is 0 Å². The quantitative estimate of drug-likeness (QED) is 0.181. The number of hydrogen-bond acceptors (Lipinski definition) is 4. The van der Waals surface area contributed by atoms with Crippen molar-refractivity contribution in [1.29, 1.82) is 0 Å². The largest absolute Gasteiger partial charge is 0.456 e. The molecule has 11 aromatic rings. The number of fused-ring (bicyclic) bond motifs is 9. The molecule has 3 aromatic heterocycles. The first kappa shape index (κ1) is 29.1. The average Bonchev–Trinajstić information content (AvgIpc) is 3.90. The van der Waals surface area contributed by atoms with E-state index in [9.17, 15) is 0 Å². The van der Waals surface area contributed by atoms with E-state index in [1.54, 1.807) is 0 Å². The summed E-state index contributed by atoms with van der Waals surface area (Å²) in [4.78, 5) is 2.36. The van der Waals surface area contributed by atoms with Crippen molar-refractivity contribution < 1.29 is 8.83 Å². The van der Waals surface area contributed by atoms with E-state index in [1.165, 1.54) is 31.3 Å². The minimum absolute atomic E-state index is 0.864. The van der Waals surface area contributed by atoms with Crippen LogP contribution in [0.1, 0.15) is 0 Å². The number of anilines is 3. The lowest BCUT2D eigenvalue weighted by atomic mass is 9.98. The van der Waals surface area contributed by atoms with Crippen LogP contribution in [0.4, 0.5) is 17.1 Å². The van der Waals surface area contributed by atoms with Crippen molar-refractivity contribution in [3.63, 3.8) is 0 Å². The molecule has 4 heteroatoms. The molecule has 0 spiro atoms. The van der Waals surface area contributed by atoms with Gasteiger partial charge in [-0.1, -0.05) is 103 Å². The van der Waals surface area contributed by atoms with E-state index < -0.39 is 0 Å². The normalized spacial score (nSPS) is 11.8. The first-order valence-corrected chi connectivity index (χ1v) is 18.3. The van der Waals surface area contributed by atoms with Gasteiger partial charge in [-0.25, -0.2) is 0 Å². The molecule has 244 valence electrons. The number of hydrogen-bond donors (Lipinski definition) is 0. The highest BCUT2D eigenvalue weighted by Gasteiger charge is 2.20. The molecule has 0 aliphatic heterocycles. The third kappa shape index (κ3) is 4.51. The SMILES string of the molecule is c1cc(-c2ccc3c(c2)oc2ccccc23)cc(N(c2ccc(-c3cccc4sc5ccccc5c34)cc2)c2cccc3oc4ccccc4c23)c1. The Kier molecular flexibility index (Phi) is 6.42. The molecule has 11 rings (SSSR count). The maximum Gasteiger partial charge on any atom is 0.137 e. The molecule has 0 aliphatic rings. The van der Waals surface area contributed by atoms with Gasteiger partial charge in [0, 0.05) is 47.7 Å². The molecule has 3 heterocycles. The van der Waals surface area contributed by atoms with Crippen LogP contribution in [0.15, 0.2) is 185 Å². The number of thiophene rings is 1. The summed E-state index contributed by atoms with van der Waals surface area (Å²) in [5.74, 6) is 0. The van der Waals surface area contributed by atoms with Gasteiger partial charge >= 0.3 is 0 Å². The Labute approximate surface area is 303 Å². The predicted molar refractivity (Wildman–Crippen MR) is 219 cm³/mol. The van der Waals surface area contributed by atoms with Crippen LogP contribution in [-0.4, -0.2) is 0 Å². The maximum atomic E-state index is 6.38. The van der Waals surface area contributed by atoms with Crippen LogP contribution in [0.25, 0.3) is 86.3 Å². The summed E-state index contributed by atoms with van der Waals surface area (Å²) in [5, 5.41) is 7.07. The molecule has 0 saturated heterocycles. The van der Waals surface area contributed by atoms with Crippen LogP contribution in [0, 0.1) is 0 Å². The van der Waals surface area contributed by atoms with Crippen LogP contribution < -0.4 is 4.90 Å². The van der Waals surface area contributed by atoms with Crippen molar-refractivity contribution in [3.8, 4) is 22.3 Å². The first-order valence-electron chi connectivity index (χ1n) is 17.5. The highest BCUT2D eigenvalue weighted by molar-refractivity contribution is 7.25. The van der Waals surface area contributed by atoms with Crippen LogP contribution in [-0.2, 0) is 0 Å². The van der Waals surface area contributed by atoms with Gasteiger partial charge in [-0.2, -0.15) is 0 Å². The lowest BCUT2D eigenvalue weighted by Crippen LogP contribution is -2.10. The van der Waals surface area contributed by atoms with E-state index in [0.29, 0.717) is 0 Å². The molecule has 8 aromatic carbocycles. The highest BCUT2D eigenvalue weighted by Crippen LogP contribution is 2.45. The third-order valence-corrected chi connectivity index (χ3v) is 11.4. The minimum Gasteiger partial charge on any atom is -0.456 e. The summed E-state index contributed by atoms with van der Waals surface area (Å²) in [5.41, 5.74) is 11.4. The van der Waals surface area contributed by atoms with E-state index in [2.05, 4.69) is 157 Å². The first-order chi connectivity index (χ1) is 25.8. The average molecular weight is 684 g/mol. The molecule has 0 N–H and O–H groups in total. The molecule has 52 heavy (non-hydrogen) atoms. The van der Waals surface area contributed by atoms with Gasteiger partial charge in [0.25, 0.3) is 0 Å². The molecule has 0 bridgehead atoms. The van der Waals surface area contributed by atoms with Gasteiger partial charge in [0.1, 0.15) is 22.3 Å². The number of para-hydroxylation sites is 2. The Balaban J connectivity index is 1.09. The summed E-state index contributed by atoms with van der Waals surface area (Å²) < 4.78 is 15.3. The summed E-state index contributed by atoms with van der Waals surface area (Å²) in [6.45, 7) is 0. The number of benzene rings is 8. The lowest BCUT2D eigenvalue weighted by molar-refractivity contribution is 0.668. The number of nitrogens with zero attached hydrogens (tertiary/aromatic N) is 1. The molecule has 0 unspecified atom stereocenters. The van der Waals surface area contributed by atoms with Crippen molar-refractivity contribution in [1.82, 2.24) is 0 Å². The van der Waals surface area contributed by atoms with E-state index >= 15 is 0 Å². The minimum atomic E-state index is 0.864. The van der Waals surface area contributed by atoms with Crippen LogP contribution in [0.3, 0.4) is 0 Å². The Morgan fingerprint density at radius 3 is 1.88 bits per heavy atom. The Morgan fingerprint density at radius 2 is 1.00 bits per heavy atom. The van der Waals surface area contributed by atoms with Crippen molar-refractivity contribution in [2.45, 2.75) is 0 Å². The molecule has 0 fully saturated rings. The zero-order valence-corrected chi connectivity index (χ0v) is 28.7. The molecule has 3 nitrogen and oxygen atoms in total. The Hall–Kier alpha value is -6.62. The molecular formula is C48H29NO2S. The summed E-state index contributed by atoms with van der Waals surface area (Å²) >= 11 is 1.85. The molecule has 0 atom stereocenters. The van der Waals surface area contributed by atoms with Crippen molar-refractivity contribution in [2.75, 3.05) is 4.90 Å². The second-order valence-corrected chi connectivity index (χ2v) is 14.4. The molecule has 0 saturated carbocycles. The fraction of sp³-hybridized carbons (Fsp3) is 0. The van der Waals surface area contributed by atoms with Crippen LogP contribution >= 0.6 is 11.3 Å². The second kappa shape index (κ2) is 11.5. The maximum absolute atomic E-state index is 6.38. The molecule has 0 aliphatic carbocycles. The molecule has 0 amide bonds. The third-order valence-electron chi connectivity index (χ3n) is 10.3. The standard InChI is InChI=1S/C48H29NO2S/c1-4-17-41-36(12-1)37-27-24-32(29-44(37)51-41)31-10-7-11-34(28-31)49(40-16-9-19-43-48(40)38-13-2-5-18-42(38)50-43)33-25-22-30(23-26-33)35-15-8-21-46-47(35)39-14-3-6-20-45(39)52-46/h1-29H. The van der Waals surface area contributed by atoms with Gasteiger partial charge in [-0.05, 0) is 95.1 Å². The van der Waals surface area contributed by atoms with Gasteiger partial charge in [-0.15, -0.1) is 11.3 Å². The zero-order valence-electron chi connectivity index (χ0n) is 27.9. The Bertz CT molecular complexity index is 3150. The second-order valence-electron chi connectivity index (χ2n) is 13.3. The van der Waals surface area contributed by atoms with Gasteiger partial charge in [0.15, 0.2) is 0 Å². The predicted octanol–water partition coefficient (Wildman–Crippen LogP) is 14.7. The van der Waals surface area contributed by atoms with E-state index in [1.807, 2.05) is 35.6 Å². The summed E-state index contributed by atoms with van der Waals surface area (Å²) in [7, 11) is 0. The zero-order chi connectivity index (χ0) is 34.2. The van der Waals surface area contributed by atoms with Crippen molar-refractivity contribution in [2.24, 2.45) is 0 Å². The number of rotatable bonds is 5. The Morgan fingerprint density at radius 1 is 0.365 bits per heavy atom. The fourth-order valence-corrected chi connectivity index (χ4v) is 9.04. The topological polar surface area (TPSA) is 29.5 Å². The summed E-state index contributed by atoms with van der Waals surface area (Å²) in [6, 6.07) is 62.6. The number of furan rings is 2. The van der Waals surface area contributed by atoms with Gasteiger partial charge in [-0.3, -0.25) is 0 Å². The van der Waals surface area contributed by atoms with Gasteiger partial charge in [0.05, 0.1) is 11.1 Å². The molecular weight excluding hydrogens is 655 g/mol. The van der Waals surface area contributed by atoms with Gasteiger partial charge < -0.3 is 13.7 Å². The van der Waals surface area contributed by atoms with Crippen LogP contribution in [0.2, 0.25) is 0 Å². The van der Waals surface area contributed by atoms with E-state index in [0.717, 1.165) is 72.1 Å². The van der Waals surface area contributed by atoms with Crippen molar-refractivity contribution in [3.05, 3.63) is 176 Å². The van der Waals surface area contributed by atoms with Crippen LogP contribution in [0.5, 0.6) is 0 Å². The lowest BCUT2D eigenvalue weighted by Gasteiger charge is -2.27. The highest BCUT2D eigenvalue weighted by atomic mass is 32.1. The fourth-order valence-electron chi connectivity index (χ4n) is 7.90. The van der Waals surface area contributed by atoms with Gasteiger partial charge in [0.2, 0.25) is 0 Å². The molecule has 0 radical (unpaired) electrons. The van der Waals surface area contributed by atoms with E-state index in [4.69, 9.17) is 8.83 Å². The smallest absolute Gasteiger partial charge is 0.137 e. The monoisotopic (exact) mass is 683 g/mol. The van der Waals surface area contributed by atoms with Crippen molar-refractivity contribution >= 4 is 92.4 Å². The summed E-state index contributed by atoms with van der Waals surface area (Å²) in [6.07, 6.45) is 0.